The number of rotatable bonds is 4. The molecule has 0 amide bonds. The maximum Gasteiger partial charge on any atom is 0.194 e. The topological polar surface area (TPSA) is 82.0 Å². The summed E-state index contributed by atoms with van der Waals surface area (Å²) in [5, 5.41) is 12.3. The normalized spacial score (nSPS) is 23.4. The second kappa shape index (κ2) is 6.76. The highest BCUT2D eigenvalue weighted by Crippen LogP contribution is 2.23. The number of hydrogen-bond acceptors (Lipinski definition) is 4. The van der Waals surface area contributed by atoms with Crippen LogP contribution in [0.15, 0.2) is 4.99 Å². The monoisotopic (exact) mass is 305 g/mol. The van der Waals surface area contributed by atoms with Gasteiger partial charge < -0.3 is 15.3 Å². The Morgan fingerprint density at radius 3 is 2.65 bits per heavy atom. The highest BCUT2D eigenvalue weighted by Gasteiger charge is 2.40. The van der Waals surface area contributed by atoms with Crippen molar-refractivity contribution >= 4 is 15.8 Å². The van der Waals surface area contributed by atoms with Crippen LogP contribution in [0.1, 0.15) is 27.7 Å². The van der Waals surface area contributed by atoms with E-state index in [2.05, 4.69) is 10.3 Å². The fraction of sp³-hybridized carbons (Fsp3) is 0.923. The summed E-state index contributed by atoms with van der Waals surface area (Å²) in [5.74, 6) is 0.987. The molecule has 0 aromatic rings. The molecular formula is C13H27N3O3S. The average molecular weight is 305 g/mol. The van der Waals surface area contributed by atoms with Crippen LogP contribution in [0.2, 0.25) is 0 Å². The van der Waals surface area contributed by atoms with E-state index in [1.54, 1.807) is 13.8 Å². The van der Waals surface area contributed by atoms with Gasteiger partial charge in [0.05, 0.1) is 10.5 Å². The maximum absolute atomic E-state index is 12.0. The van der Waals surface area contributed by atoms with Crippen molar-refractivity contribution in [3.05, 3.63) is 0 Å². The largest absolute Gasteiger partial charge is 0.396 e. The Kier molecular flexibility index (Phi) is 5.82. The molecule has 0 aliphatic carbocycles. The molecule has 2 N–H and O–H groups in total. The van der Waals surface area contributed by atoms with E-state index in [1.165, 1.54) is 0 Å². The Morgan fingerprint density at radius 1 is 1.50 bits per heavy atom. The summed E-state index contributed by atoms with van der Waals surface area (Å²) >= 11 is 0. The van der Waals surface area contributed by atoms with E-state index in [-0.39, 0.29) is 18.3 Å². The molecule has 6 nitrogen and oxygen atoms in total. The van der Waals surface area contributed by atoms with Gasteiger partial charge in [0.2, 0.25) is 0 Å². The minimum Gasteiger partial charge on any atom is -0.396 e. The average Bonchev–Trinajstić information content (AvgIpc) is 2.37. The van der Waals surface area contributed by atoms with Gasteiger partial charge in [0, 0.05) is 32.8 Å². The maximum atomic E-state index is 12.0. The van der Waals surface area contributed by atoms with E-state index in [1.807, 2.05) is 18.7 Å². The summed E-state index contributed by atoms with van der Waals surface area (Å²) in [5.41, 5.74) is 0. The van der Waals surface area contributed by atoms with Crippen LogP contribution in [0, 0.1) is 5.92 Å². The van der Waals surface area contributed by atoms with Crippen LogP contribution in [0.3, 0.4) is 0 Å². The van der Waals surface area contributed by atoms with Gasteiger partial charge in [-0.2, -0.15) is 0 Å². The molecule has 1 unspecified atom stereocenters. The van der Waals surface area contributed by atoms with E-state index in [9.17, 15) is 8.42 Å². The predicted octanol–water partition coefficient (Wildman–Crippen LogP) is 0.0893. The second-order valence-electron chi connectivity index (χ2n) is 5.98. The quantitative estimate of drug-likeness (QED) is 0.568. The Labute approximate surface area is 122 Å². The molecule has 20 heavy (non-hydrogen) atoms. The molecule has 0 radical (unpaired) electrons. The molecule has 1 rings (SSSR count). The third-order valence-corrected chi connectivity index (χ3v) is 6.08. The molecule has 1 saturated heterocycles. The lowest BCUT2D eigenvalue weighted by Crippen LogP contribution is -2.57. The number of aliphatic imine (C=N–C) groups is 1. The van der Waals surface area contributed by atoms with E-state index in [0.29, 0.717) is 19.6 Å². The molecule has 0 spiro atoms. The summed E-state index contributed by atoms with van der Waals surface area (Å²) in [6, 6.07) is 0. The first-order valence-corrected chi connectivity index (χ1v) is 8.75. The lowest BCUT2D eigenvalue weighted by Gasteiger charge is -2.39. The molecular weight excluding hydrogens is 278 g/mol. The molecule has 1 aliphatic rings. The van der Waals surface area contributed by atoms with Crippen molar-refractivity contribution in [3.63, 3.8) is 0 Å². The Balaban J connectivity index is 2.84. The van der Waals surface area contributed by atoms with Gasteiger partial charge in [0.1, 0.15) is 0 Å². The second-order valence-corrected chi connectivity index (χ2v) is 8.73. The van der Waals surface area contributed by atoms with Gasteiger partial charge in [0.25, 0.3) is 0 Å². The number of hydrogen-bond donors (Lipinski definition) is 2. The first-order chi connectivity index (χ1) is 9.23. The van der Waals surface area contributed by atoms with E-state index >= 15 is 0 Å². The third-order valence-electron chi connectivity index (χ3n) is 3.54. The number of guanidine groups is 1. The van der Waals surface area contributed by atoms with Crippen molar-refractivity contribution in [2.24, 2.45) is 10.9 Å². The zero-order valence-electron chi connectivity index (χ0n) is 12.9. The van der Waals surface area contributed by atoms with Gasteiger partial charge in [-0.15, -0.1) is 0 Å². The van der Waals surface area contributed by atoms with E-state index in [4.69, 9.17) is 5.11 Å². The fourth-order valence-corrected chi connectivity index (χ4v) is 3.42. The Bertz CT molecular complexity index is 446. The summed E-state index contributed by atoms with van der Waals surface area (Å²) in [4.78, 5) is 6.49. The molecule has 0 bridgehead atoms. The standard InChI is InChI=1S/C13H27N3O3S/c1-5-14-12(15-8-11(2)9-17)16-6-7-20(18,19)13(3,4)10-16/h11,17H,5-10H2,1-4H3,(H,14,15). The van der Waals surface area contributed by atoms with E-state index < -0.39 is 14.6 Å². The fourth-order valence-electron chi connectivity index (χ4n) is 2.05. The van der Waals surface area contributed by atoms with Crippen LogP contribution < -0.4 is 5.32 Å². The van der Waals surface area contributed by atoms with E-state index in [0.717, 1.165) is 12.5 Å². The lowest BCUT2D eigenvalue weighted by atomic mass is 10.2. The highest BCUT2D eigenvalue weighted by atomic mass is 32.2. The zero-order chi connectivity index (χ0) is 15.4. The van der Waals surface area contributed by atoms with Crippen LogP contribution in [0.5, 0.6) is 0 Å². The number of nitrogens with zero attached hydrogens (tertiary/aromatic N) is 2. The SMILES string of the molecule is CCNC(=NCC(C)CO)N1CCS(=O)(=O)C(C)(C)C1. The number of nitrogens with one attached hydrogen (secondary N) is 1. The third kappa shape index (κ3) is 4.09. The molecule has 1 fully saturated rings. The molecule has 1 heterocycles. The summed E-state index contributed by atoms with van der Waals surface area (Å²) in [6.45, 7) is 9.69. The highest BCUT2D eigenvalue weighted by molar-refractivity contribution is 7.92. The van der Waals surface area contributed by atoms with Gasteiger partial charge in [-0.05, 0) is 26.7 Å². The van der Waals surface area contributed by atoms with Crippen LogP contribution in [0.25, 0.3) is 0 Å². The molecule has 7 heteroatoms. The molecule has 0 saturated carbocycles. The van der Waals surface area contributed by atoms with Gasteiger partial charge in [-0.1, -0.05) is 6.92 Å². The smallest absolute Gasteiger partial charge is 0.194 e. The van der Waals surface area contributed by atoms with Gasteiger partial charge in [-0.3, -0.25) is 4.99 Å². The van der Waals surface area contributed by atoms with Crippen LogP contribution in [0.4, 0.5) is 0 Å². The first kappa shape index (κ1) is 17.2. The van der Waals surface area contributed by atoms with Gasteiger partial charge in [0.15, 0.2) is 15.8 Å². The van der Waals surface area contributed by atoms with Crippen LogP contribution in [-0.2, 0) is 9.84 Å². The summed E-state index contributed by atoms with van der Waals surface area (Å²) in [6.07, 6.45) is 0. The number of sulfone groups is 1. The van der Waals surface area contributed by atoms with Crippen molar-refractivity contribution in [2.75, 3.05) is 38.5 Å². The molecule has 118 valence electrons. The van der Waals surface area contributed by atoms with Crippen LogP contribution in [-0.4, -0.2) is 67.7 Å². The summed E-state index contributed by atoms with van der Waals surface area (Å²) in [7, 11) is -3.04. The molecule has 1 aliphatic heterocycles. The molecule has 0 aromatic heterocycles. The minimum atomic E-state index is -3.04. The van der Waals surface area contributed by atoms with Crippen molar-refractivity contribution < 1.29 is 13.5 Å². The van der Waals surface area contributed by atoms with Crippen molar-refractivity contribution in [3.8, 4) is 0 Å². The van der Waals surface area contributed by atoms with Crippen molar-refractivity contribution in [1.82, 2.24) is 10.2 Å². The molecule has 1 atom stereocenters. The predicted molar refractivity (Wildman–Crippen MR) is 81.7 cm³/mol. The summed E-state index contributed by atoms with van der Waals surface area (Å²) < 4.78 is 23.3. The van der Waals surface area contributed by atoms with Crippen molar-refractivity contribution in [1.29, 1.82) is 0 Å². The molecule has 0 aromatic carbocycles. The lowest BCUT2D eigenvalue weighted by molar-refractivity contribution is 0.241. The number of aliphatic hydroxyl groups is 1. The Morgan fingerprint density at radius 2 is 2.15 bits per heavy atom. The van der Waals surface area contributed by atoms with Gasteiger partial charge in [-0.25, -0.2) is 8.42 Å². The zero-order valence-corrected chi connectivity index (χ0v) is 13.7. The first-order valence-electron chi connectivity index (χ1n) is 7.10. The van der Waals surface area contributed by atoms with Crippen molar-refractivity contribution in [2.45, 2.75) is 32.4 Å². The van der Waals surface area contributed by atoms with Crippen LogP contribution >= 0.6 is 0 Å². The minimum absolute atomic E-state index is 0.1000. The number of aliphatic hydroxyl groups excluding tert-OH is 1. The van der Waals surface area contributed by atoms with Gasteiger partial charge >= 0.3 is 0 Å². The Hall–Kier alpha value is -0.820.